The molecule has 4 rings (SSSR count). The predicted octanol–water partition coefficient (Wildman–Crippen LogP) is 4.43. The van der Waals surface area contributed by atoms with Crippen molar-refractivity contribution >= 4 is 16.5 Å². The quantitative estimate of drug-likeness (QED) is 0.618. The molecule has 2 aromatic carbocycles. The van der Waals surface area contributed by atoms with E-state index in [1.54, 1.807) is 0 Å². The van der Waals surface area contributed by atoms with Gasteiger partial charge in [-0.3, -0.25) is 0 Å². The normalized spacial score (nSPS) is 17.4. The Balaban J connectivity index is 1.38. The lowest BCUT2D eigenvalue weighted by atomic mass is 9.92. The zero-order valence-corrected chi connectivity index (χ0v) is 15.0. The van der Waals surface area contributed by atoms with Gasteiger partial charge in [0, 0.05) is 29.7 Å². The minimum absolute atomic E-state index is 0.0948. The van der Waals surface area contributed by atoms with Gasteiger partial charge in [-0.05, 0) is 54.0 Å². The summed E-state index contributed by atoms with van der Waals surface area (Å²) in [5.41, 5.74) is 6.27. The number of rotatable bonds is 6. The highest BCUT2D eigenvalue weighted by atomic mass is 16.3. The van der Waals surface area contributed by atoms with E-state index >= 15 is 0 Å². The average molecular weight is 346 g/mol. The molecule has 0 aliphatic carbocycles. The molecule has 0 bridgehead atoms. The van der Waals surface area contributed by atoms with Gasteiger partial charge in [0.1, 0.15) is 0 Å². The van der Waals surface area contributed by atoms with Crippen molar-refractivity contribution in [2.24, 2.45) is 0 Å². The Bertz CT molecular complexity index is 895. The third-order valence-corrected chi connectivity index (χ3v) is 5.41. The van der Waals surface area contributed by atoms with Crippen LogP contribution in [0.5, 0.6) is 0 Å². The second-order valence-corrected chi connectivity index (χ2v) is 7.11. The summed E-state index contributed by atoms with van der Waals surface area (Å²) in [6.07, 6.45) is 8.87. The summed E-state index contributed by atoms with van der Waals surface area (Å²) < 4.78 is 0. The lowest BCUT2D eigenvalue weighted by Gasteiger charge is -2.24. The third kappa shape index (κ3) is 3.59. The van der Waals surface area contributed by atoms with Crippen LogP contribution in [0.2, 0.25) is 0 Å². The van der Waals surface area contributed by atoms with Crippen LogP contribution in [0, 0.1) is 0 Å². The van der Waals surface area contributed by atoms with E-state index in [1.807, 2.05) is 12.1 Å². The van der Waals surface area contributed by atoms with Crippen LogP contribution in [0.1, 0.15) is 36.0 Å². The van der Waals surface area contributed by atoms with E-state index in [0.717, 1.165) is 43.3 Å². The Hall–Kier alpha value is -2.36. The number of benzene rings is 2. The fraction of sp³-hybridized carbons (Fsp3) is 0.304. The van der Waals surface area contributed by atoms with Crippen LogP contribution in [0.4, 0.5) is 0 Å². The molecule has 3 aromatic rings. The van der Waals surface area contributed by atoms with Gasteiger partial charge in [-0.1, -0.05) is 48.5 Å². The SMILES string of the molecule is OCc1cccc2[nH]cc(CCCC3CC(c4ccccc4)=CCN3)c12. The van der Waals surface area contributed by atoms with Gasteiger partial charge in [-0.15, -0.1) is 0 Å². The lowest BCUT2D eigenvalue weighted by molar-refractivity contribution is 0.283. The standard InChI is InChI=1S/C23H26N2O/c26-16-20-9-5-11-22-23(20)19(15-25-22)8-4-10-21-14-18(12-13-24-21)17-6-2-1-3-7-17/h1-3,5-7,9,11-12,15,21,24-26H,4,8,10,13-14,16H2. The molecular weight excluding hydrogens is 320 g/mol. The first-order valence-corrected chi connectivity index (χ1v) is 9.51. The summed E-state index contributed by atoms with van der Waals surface area (Å²) in [4.78, 5) is 3.34. The number of nitrogens with one attached hydrogen (secondary N) is 2. The summed E-state index contributed by atoms with van der Waals surface area (Å²) in [7, 11) is 0. The zero-order chi connectivity index (χ0) is 17.8. The number of fused-ring (bicyclic) bond motifs is 1. The molecule has 0 saturated heterocycles. The van der Waals surface area contributed by atoms with Crippen LogP contribution < -0.4 is 5.32 Å². The van der Waals surface area contributed by atoms with Gasteiger partial charge in [0.2, 0.25) is 0 Å². The van der Waals surface area contributed by atoms with Crippen LogP contribution in [-0.2, 0) is 13.0 Å². The molecule has 0 saturated carbocycles. The minimum atomic E-state index is 0.0948. The highest BCUT2D eigenvalue weighted by molar-refractivity contribution is 5.86. The Labute approximate surface area is 154 Å². The van der Waals surface area contributed by atoms with Gasteiger partial charge < -0.3 is 15.4 Å². The van der Waals surface area contributed by atoms with E-state index in [4.69, 9.17) is 0 Å². The number of aromatic amines is 1. The number of hydrogen-bond donors (Lipinski definition) is 3. The van der Waals surface area contributed by atoms with Crippen LogP contribution in [-0.4, -0.2) is 22.7 Å². The lowest BCUT2D eigenvalue weighted by Crippen LogP contribution is -2.32. The Kier molecular flexibility index (Phi) is 5.19. The number of H-pyrrole nitrogens is 1. The average Bonchev–Trinajstić information content (AvgIpc) is 3.12. The molecule has 1 aromatic heterocycles. The molecule has 1 atom stereocenters. The van der Waals surface area contributed by atoms with Crippen LogP contribution in [0.3, 0.4) is 0 Å². The molecular formula is C23H26N2O. The largest absolute Gasteiger partial charge is 0.392 e. The van der Waals surface area contributed by atoms with Crippen molar-refractivity contribution in [3.8, 4) is 0 Å². The predicted molar refractivity (Wildman–Crippen MR) is 108 cm³/mol. The first-order valence-electron chi connectivity index (χ1n) is 9.51. The van der Waals surface area contributed by atoms with Crippen molar-refractivity contribution < 1.29 is 5.11 Å². The summed E-state index contributed by atoms with van der Waals surface area (Å²) in [6, 6.07) is 17.3. The van der Waals surface area contributed by atoms with Crippen LogP contribution in [0.25, 0.3) is 16.5 Å². The maximum Gasteiger partial charge on any atom is 0.0688 e. The second-order valence-electron chi connectivity index (χ2n) is 7.11. The molecule has 134 valence electrons. The molecule has 0 spiro atoms. The van der Waals surface area contributed by atoms with E-state index in [1.165, 1.54) is 22.1 Å². The maximum atomic E-state index is 9.61. The highest BCUT2D eigenvalue weighted by Crippen LogP contribution is 2.27. The van der Waals surface area contributed by atoms with Gasteiger partial charge >= 0.3 is 0 Å². The van der Waals surface area contributed by atoms with Gasteiger partial charge in [0.15, 0.2) is 0 Å². The first kappa shape index (κ1) is 17.1. The molecule has 0 fully saturated rings. The molecule has 0 radical (unpaired) electrons. The first-order chi connectivity index (χ1) is 12.8. The number of hydrogen-bond acceptors (Lipinski definition) is 2. The number of aryl methyl sites for hydroxylation is 1. The number of aliphatic hydroxyl groups is 1. The van der Waals surface area contributed by atoms with E-state index in [-0.39, 0.29) is 6.61 Å². The minimum Gasteiger partial charge on any atom is -0.392 e. The Morgan fingerprint density at radius 2 is 1.88 bits per heavy atom. The molecule has 3 N–H and O–H groups in total. The zero-order valence-electron chi connectivity index (χ0n) is 15.0. The molecule has 1 aliphatic rings. The summed E-state index contributed by atoms with van der Waals surface area (Å²) in [5.74, 6) is 0. The number of aromatic nitrogens is 1. The monoisotopic (exact) mass is 346 g/mol. The third-order valence-electron chi connectivity index (χ3n) is 5.41. The Morgan fingerprint density at radius 3 is 2.73 bits per heavy atom. The molecule has 1 aliphatic heterocycles. The van der Waals surface area contributed by atoms with Crippen molar-refractivity contribution in [2.75, 3.05) is 6.54 Å². The van der Waals surface area contributed by atoms with Crippen LogP contribution >= 0.6 is 0 Å². The molecule has 1 unspecified atom stereocenters. The molecule has 2 heterocycles. The van der Waals surface area contributed by atoms with Gasteiger partial charge in [-0.25, -0.2) is 0 Å². The molecule has 26 heavy (non-hydrogen) atoms. The van der Waals surface area contributed by atoms with Crippen molar-refractivity contribution in [3.05, 3.63) is 77.5 Å². The van der Waals surface area contributed by atoms with E-state index in [9.17, 15) is 5.11 Å². The van der Waals surface area contributed by atoms with Crippen molar-refractivity contribution in [1.29, 1.82) is 0 Å². The molecule has 3 heteroatoms. The topological polar surface area (TPSA) is 48.0 Å². The summed E-state index contributed by atoms with van der Waals surface area (Å²) >= 11 is 0. The van der Waals surface area contributed by atoms with Crippen LogP contribution in [0.15, 0.2) is 60.8 Å². The van der Waals surface area contributed by atoms with Crippen molar-refractivity contribution in [2.45, 2.75) is 38.3 Å². The van der Waals surface area contributed by atoms with Gasteiger partial charge in [0.25, 0.3) is 0 Å². The highest BCUT2D eigenvalue weighted by Gasteiger charge is 2.16. The molecule has 3 nitrogen and oxygen atoms in total. The van der Waals surface area contributed by atoms with Crippen molar-refractivity contribution in [3.63, 3.8) is 0 Å². The summed E-state index contributed by atoms with van der Waals surface area (Å²) in [6.45, 7) is 1.05. The maximum absolute atomic E-state index is 9.61. The van der Waals surface area contributed by atoms with Gasteiger partial charge in [-0.2, -0.15) is 0 Å². The van der Waals surface area contributed by atoms with E-state index < -0.39 is 0 Å². The number of aliphatic hydroxyl groups excluding tert-OH is 1. The van der Waals surface area contributed by atoms with E-state index in [2.05, 4.69) is 59.0 Å². The van der Waals surface area contributed by atoms with E-state index in [0.29, 0.717) is 6.04 Å². The Morgan fingerprint density at radius 1 is 1.00 bits per heavy atom. The molecule has 0 amide bonds. The fourth-order valence-corrected chi connectivity index (χ4v) is 4.07. The van der Waals surface area contributed by atoms with Gasteiger partial charge in [0.05, 0.1) is 6.61 Å². The summed E-state index contributed by atoms with van der Waals surface area (Å²) in [5, 5.41) is 14.5. The smallest absolute Gasteiger partial charge is 0.0688 e. The van der Waals surface area contributed by atoms with Crippen molar-refractivity contribution in [1.82, 2.24) is 10.3 Å². The fourth-order valence-electron chi connectivity index (χ4n) is 4.07. The second kappa shape index (κ2) is 7.90.